The van der Waals surface area contributed by atoms with E-state index in [2.05, 4.69) is 9.97 Å². The maximum atomic E-state index is 13.0. The van der Waals surface area contributed by atoms with Crippen LogP contribution in [-0.4, -0.2) is 60.3 Å². The van der Waals surface area contributed by atoms with Crippen LogP contribution in [0.3, 0.4) is 0 Å². The Bertz CT molecular complexity index is 1280. The lowest BCUT2D eigenvalue weighted by Crippen LogP contribution is -2.34. The van der Waals surface area contributed by atoms with Crippen LogP contribution < -0.4 is 10.3 Å². The van der Waals surface area contributed by atoms with Gasteiger partial charge in [0.1, 0.15) is 30.4 Å². The maximum Gasteiger partial charge on any atom is 0.275 e. The van der Waals surface area contributed by atoms with Crippen molar-refractivity contribution in [2.75, 3.05) is 33.0 Å². The second kappa shape index (κ2) is 10.4. The van der Waals surface area contributed by atoms with Gasteiger partial charge in [-0.1, -0.05) is 13.3 Å². The van der Waals surface area contributed by atoms with E-state index in [1.165, 1.54) is 18.2 Å². The van der Waals surface area contributed by atoms with E-state index in [0.29, 0.717) is 23.4 Å². The fraction of sp³-hybridized carbons (Fsp3) is 0.455. The van der Waals surface area contributed by atoms with Gasteiger partial charge in [0.25, 0.3) is 5.56 Å². The Labute approximate surface area is 191 Å². The molecule has 1 aromatic carbocycles. The molecule has 8 nitrogen and oxygen atoms in total. The molecule has 0 radical (unpaired) electrons. The Morgan fingerprint density at radius 3 is 2.48 bits per heavy atom. The van der Waals surface area contributed by atoms with Crippen LogP contribution >= 0.6 is 0 Å². The van der Waals surface area contributed by atoms with E-state index in [1.807, 2.05) is 13.1 Å². The van der Waals surface area contributed by atoms with Crippen molar-refractivity contribution in [3.8, 4) is 17.1 Å². The van der Waals surface area contributed by atoms with E-state index in [-0.39, 0.29) is 21.8 Å². The third-order valence-corrected chi connectivity index (χ3v) is 7.13. The first-order valence-corrected chi connectivity index (χ1v) is 12.2. The second-order valence-corrected chi connectivity index (χ2v) is 9.44. The number of ether oxygens (including phenoxy) is 1. The number of fused-ring (bicyclic) bond motifs is 1. The molecule has 0 spiro atoms. The molecule has 1 N–H and O–H groups in total. The third kappa shape index (κ3) is 4.93. The molecule has 180 valence electrons. The summed E-state index contributed by atoms with van der Waals surface area (Å²) in [4.78, 5) is 20.1. The first-order valence-electron chi connectivity index (χ1n) is 10.8. The largest absolute Gasteiger partial charge is 0.493 e. The standard InChI is InChI=1S/C22H28F2N4O4S/c1-4-6-15-14-27(3)20-19(15)25-21(26-22(20)29)17-13-16(7-8-18(17)32-5-2)33(30,31)28(11-9-23)12-10-24/h7-8,13-14H,4-6,9-12H2,1-3H3,(H,25,26,29). The van der Waals surface area contributed by atoms with Gasteiger partial charge in [-0.05, 0) is 37.1 Å². The molecule has 0 amide bonds. The summed E-state index contributed by atoms with van der Waals surface area (Å²) in [7, 11) is -2.41. The average molecular weight is 483 g/mol. The van der Waals surface area contributed by atoms with Gasteiger partial charge in [-0.2, -0.15) is 4.31 Å². The molecule has 3 rings (SSSR count). The minimum absolute atomic E-state index is 0.152. The topological polar surface area (TPSA) is 97.3 Å². The highest BCUT2D eigenvalue weighted by Crippen LogP contribution is 2.32. The lowest BCUT2D eigenvalue weighted by molar-refractivity contribution is 0.325. The van der Waals surface area contributed by atoms with Gasteiger partial charge in [0.15, 0.2) is 0 Å². The molecule has 0 saturated carbocycles. The van der Waals surface area contributed by atoms with Crippen molar-refractivity contribution in [2.45, 2.75) is 31.6 Å². The molecule has 0 aliphatic carbocycles. The van der Waals surface area contributed by atoms with Gasteiger partial charge >= 0.3 is 0 Å². The number of halogens is 2. The Kier molecular flexibility index (Phi) is 7.85. The smallest absolute Gasteiger partial charge is 0.275 e. The summed E-state index contributed by atoms with van der Waals surface area (Å²) in [5.41, 5.74) is 1.75. The van der Waals surface area contributed by atoms with Gasteiger partial charge in [-0.3, -0.25) is 4.79 Å². The van der Waals surface area contributed by atoms with Crippen molar-refractivity contribution >= 4 is 21.1 Å². The molecule has 0 bridgehead atoms. The Morgan fingerprint density at radius 1 is 1.18 bits per heavy atom. The summed E-state index contributed by atoms with van der Waals surface area (Å²) in [6.07, 6.45) is 3.44. The number of nitrogens with one attached hydrogen (secondary N) is 1. The van der Waals surface area contributed by atoms with Crippen LogP contribution in [0.15, 0.2) is 34.1 Å². The molecule has 0 fully saturated rings. The molecule has 0 unspecified atom stereocenters. The zero-order chi connectivity index (χ0) is 24.2. The molecule has 0 aliphatic heterocycles. The van der Waals surface area contributed by atoms with E-state index in [4.69, 9.17) is 4.74 Å². The Hall–Kier alpha value is -2.79. The van der Waals surface area contributed by atoms with Crippen LogP contribution in [0.4, 0.5) is 8.78 Å². The number of rotatable bonds is 11. The average Bonchev–Trinajstić information content (AvgIpc) is 3.10. The SMILES string of the molecule is CCCc1cn(C)c2c(=O)[nH]c(-c3cc(S(=O)(=O)N(CCF)CCF)ccc3OCC)nc12. The lowest BCUT2D eigenvalue weighted by atomic mass is 10.1. The lowest BCUT2D eigenvalue weighted by Gasteiger charge is -2.20. The molecular weight excluding hydrogens is 454 g/mol. The summed E-state index contributed by atoms with van der Waals surface area (Å²) >= 11 is 0. The van der Waals surface area contributed by atoms with E-state index in [9.17, 15) is 22.0 Å². The fourth-order valence-corrected chi connectivity index (χ4v) is 5.21. The van der Waals surface area contributed by atoms with E-state index in [0.717, 1.165) is 22.7 Å². The molecule has 0 aliphatic rings. The number of alkyl halides is 2. The van der Waals surface area contributed by atoms with Gasteiger partial charge in [-0.15, -0.1) is 0 Å². The predicted molar refractivity (Wildman–Crippen MR) is 123 cm³/mol. The number of sulfonamides is 1. The molecule has 33 heavy (non-hydrogen) atoms. The fourth-order valence-electron chi connectivity index (χ4n) is 3.78. The number of hydrogen-bond donors (Lipinski definition) is 1. The first kappa shape index (κ1) is 24.8. The van der Waals surface area contributed by atoms with Crippen LogP contribution in [-0.2, 0) is 23.5 Å². The zero-order valence-electron chi connectivity index (χ0n) is 18.9. The summed E-state index contributed by atoms with van der Waals surface area (Å²) in [5.74, 6) is 0.480. The summed E-state index contributed by atoms with van der Waals surface area (Å²) in [5, 5.41) is 0. The highest BCUT2D eigenvalue weighted by atomic mass is 32.2. The minimum atomic E-state index is -4.18. The van der Waals surface area contributed by atoms with E-state index in [1.54, 1.807) is 18.5 Å². The van der Waals surface area contributed by atoms with E-state index < -0.39 is 36.5 Å². The van der Waals surface area contributed by atoms with Crippen LogP contribution in [0.25, 0.3) is 22.4 Å². The number of aromatic amines is 1. The normalized spacial score (nSPS) is 12.1. The van der Waals surface area contributed by atoms with Crippen molar-refractivity contribution in [1.82, 2.24) is 18.8 Å². The number of benzene rings is 1. The van der Waals surface area contributed by atoms with Gasteiger partial charge in [0, 0.05) is 26.3 Å². The van der Waals surface area contributed by atoms with Crippen molar-refractivity contribution < 1.29 is 21.9 Å². The van der Waals surface area contributed by atoms with Crippen LogP contribution in [0.1, 0.15) is 25.8 Å². The summed E-state index contributed by atoms with van der Waals surface area (Å²) in [6, 6.07) is 4.09. The number of aryl methyl sites for hydroxylation is 2. The summed E-state index contributed by atoms with van der Waals surface area (Å²) < 4.78 is 60.0. The molecule has 11 heteroatoms. The quantitative estimate of drug-likeness (QED) is 0.453. The van der Waals surface area contributed by atoms with Crippen molar-refractivity contribution in [3.05, 3.63) is 40.3 Å². The van der Waals surface area contributed by atoms with Gasteiger partial charge in [-0.25, -0.2) is 22.2 Å². The number of H-pyrrole nitrogens is 1. The van der Waals surface area contributed by atoms with Crippen molar-refractivity contribution in [3.63, 3.8) is 0 Å². The highest BCUT2D eigenvalue weighted by Gasteiger charge is 2.26. The van der Waals surface area contributed by atoms with Gasteiger partial charge < -0.3 is 14.3 Å². The van der Waals surface area contributed by atoms with Crippen LogP contribution in [0.2, 0.25) is 0 Å². The predicted octanol–water partition coefficient (Wildman–Crippen LogP) is 3.21. The highest BCUT2D eigenvalue weighted by molar-refractivity contribution is 7.89. The van der Waals surface area contributed by atoms with Gasteiger partial charge in [0.05, 0.1) is 22.6 Å². The third-order valence-electron chi connectivity index (χ3n) is 5.23. The molecule has 3 aromatic rings. The molecular formula is C22H28F2N4O4S. The molecule has 0 atom stereocenters. The Morgan fingerprint density at radius 2 is 1.88 bits per heavy atom. The maximum absolute atomic E-state index is 13.0. The van der Waals surface area contributed by atoms with E-state index >= 15 is 0 Å². The van der Waals surface area contributed by atoms with Crippen molar-refractivity contribution in [2.24, 2.45) is 7.05 Å². The zero-order valence-corrected chi connectivity index (χ0v) is 19.7. The molecule has 0 saturated heterocycles. The van der Waals surface area contributed by atoms with Crippen LogP contribution in [0, 0.1) is 0 Å². The second-order valence-electron chi connectivity index (χ2n) is 7.50. The monoisotopic (exact) mass is 482 g/mol. The van der Waals surface area contributed by atoms with Crippen molar-refractivity contribution in [1.29, 1.82) is 0 Å². The summed E-state index contributed by atoms with van der Waals surface area (Å²) in [6.45, 7) is 1.30. The molecule has 2 heterocycles. The van der Waals surface area contributed by atoms with Gasteiger partial charge in [0.2, 0.25) is 10.0 Å². The number of hydrogen-bond acceptors (Lipinski definition) is 5. The first-order chi connectivity index (χ1) is 15.8. The minimum Gasteiger partial charge on any atom is -0.493 e. The Balaban J connectivity index is 2.22. The number of nitrogens with zero attached hydrogens (tertiary/aromatic N) is 3. The molecule has 2 aromatic heterocycles. The van der Waals surface area contributed by atoms with Crippen LogP contribution in [0.5, 0.6) is 5.75 Å². The number of aromatic nitrogens is 3.